The Labute approximate surface area is 116 Å². The fourth-order valence-electron chi connectivity index (χ4n) is 1.82. The van der Waals surface area contributed by atoms with Gasteiger partial charge in [0.15, 0.2) is 0 Å². The maximum absolute atomic E-state index is 12.0. The van der Waals surface area contributed by atoms with Crippen molar-refractivity contribution in [2.24, 2.45) is 5.73 Å². The molecule has 4 nitrogen and oxygen atoms in total. The van der Waals surface area contributed by atoms with Crippen molar-refractivity contribution < 1.29 is 4.79 Å². The van der Waals surface area contributed by atoms with Crippen LogP contribution in [0, 0.1) is 0 Å². The second kappa shape index (κ2) is 7.92. The van der Waals surface area contributed by atoms with Gasteiger partial charge in [0.2, 0.25) is 0 Å². The largest absolute Gasteiger partial charge is 0.350 e. The van der Waals surface area contributed by atoms with Gasteiger partial charge >= 0.3 is 0 Å². The summed E-state index contributed by atoms with van der Waals surface area (Å²) in [5.74, 6) is -0.00875. The van der Waals surface area contributed by atoms with Crippen LogP contribution in [0.1, 0.15) is 29.3 Å². The maximum atomic E-state index is 12.0. The first kappa shape index (κ1) is 15.7. The highest BCUT2D eigenvalue weighted by molar-refractivity contribution is 5.94. The number of hydrogen-bond donors (Lipinski definition) is 2. The summed E-state index contributed by atoms with van der Waals surface area (Å²) in [5, 5.41) is 3.01. The third kappa shape index (κ3) is 5.85. The molecule has 0 fully saturated rings. The van der Waals surface area contributed by atoms with Crippen LogP contribution in [0.5, 0.6) is 0 Å². The highest BCUT2D eigenvalue weighted by Gasteiger charge is 2.09. The number of nitrogens with one attached hydrogen (secondary N) is 1. The Hall–Kier alpha value is -1.39. The van der Waals surface area contributed by atoms with Crippen LogP contribution >= 0.6 is 0 Å². The first-order chi connectivity index (χ1) is 9.02. The van der Waals surface area contributed by atoms with Gasteiger partial charge in [-0.25, -0.2) is 0 Å². The molecule has 0 saturated heterocycles. The molecule has 0 aliphatic carbocycles. The van der Waals surface area contributed by atoms with Crippen molar-refractivity contribution in [3.8, 4) is 0 Å². The van der Waals surface area contributed by atoms with E-state index in [2.05, 4.69) is 10.2 Å². The molecule has 0 aromatic heterocycles. The lowest BCUT2D eigenvalue weighted by Gasteiger charge is -2.16. The van der Waals surface area contributed by atoms with E-state index in [1.54, 1.807) is 0 Å². The van der Waals surface area contributed by atoms with E-state index in [9.17, 15) is 4.79 Å². The number of amides is 1. The second-order valence-corrected chi connectivity index (χ2v) is 5.20. The summed E-state index contributed by atoms with van der Waals surface area (Å²) in [6, 6.07) is 7.83. The van der Waals surface area contributed by atoms with Crippen molar-refractivity contribution >= 4 is 5.91 Å². The molecule has 1 unspecified atom stereocenters. The minimum atomic E-state index is -0.00875. The molecule has 106 valence electrons. The number of nitrogens with two attached hydrogens (primary N) is 1. The lowest BCUT2D eigenvalue weighted by Crippen LogP contribution is -2.34. The van der Waals surface area contributed by atoms with Gasteiger partial charge in [0, 0.05) is 11.6 Å². The molecular formula is C15H25N3O. The highest BCUT2D eigenvalue weighted by atomic mass is 16.1. The van der Waals surface area contributed by atoms with Crippen LogP contribution in [0.3, 0.4) is 0 Å². The van der Waals surface area contributed by atoms with E-state index in [0.29, 0.717) is 12.1 Å². The smallest absolute Gasteiger partial charge is 0.251 e. The van der Waals surface area contributed by atoms with Crippen LogP contribution in [0.25, 0.3) is 0 Å². The van der Waals surface area contributed by atoms with E-state index in [1.165, 1.54) is 5.56 Å². The van der Waals surface area contributed by atoms with Crippen LogP contribution in [-0.2, 0) is 6.42 Å². The molecule has 0 saturated carbocycles. The van der Waals surface area contributed by atoms with Crippen molar-refractivity contribution in [3.05, 3.63) is 35.4 Å². The molecule has 0 radical (unpaired) electrons. The number of nitrogens with zero attached hydrogens (tertiary/aromatic N) is 1. The average Bonchev–Trinajstić information content (AvgIpc) is 2.37. The summed E-state index contributed by atoms with van der Waals surface area (Å²) < 4.78 is 0. The Kier molecular flexibility index (Phi) is 6.53. The number of benzene rings is 1. The van der Waals surface area contributed by atoms with Crippen molar-refractivity contribution in [3.63, 3.8) is 0 Å². The molecular weight excluding hydrogens is 238 g/mol. The minimum Gasteiger partial charge on any atom is -0.350 e. The molecule has 0 heterocycles. The summed E-state index contributed by atoms with van der Waals surface area (Å²) in [7, 11) is 4.06. The van der Waals surface area contributed by atoms with Crippen LogP contribution in [0.4, 0.5) is 0 Å². The molecule has 19 heavy (non-hydrogen) atoms. The van der Waals surface area contributed by atoms with Gasteiger partial charge in [0.05, 0.1) is 0 Å². The summed E-state index contributed by atoms with van der Waals surface area (Å²) in [6.07, 6.45) is 1.80. The van der Waals surface area contributed by atoms with Gasteiger partial charge in [0.1, 0.15) is 0 Å². The Morgan fingerprint density at radius 2 is 1.95 bits per heavy atom. The normalized spacial score (nSPS) is 12.5. The van der Waals surface area contributed by atoms with Crippen LogP contribution in [-0.4, -0.2) is 44.0 Å². The molecule has 0 bridgehead atoms. The molecule has 1 rings (SSSR count). The molecule has 0 aliphatic heterocycles. The van der Waals surface area contributed by atoms with Crippen LogP contribution in [0.15, 0.2) is 24.3 Å². The Morgan fingerprint density at radius 1 is 1.32 bits per heavy atom. The molecule has 1 aromatic carbocycles. The monoisotopic (exact) mass is 263 g/mol. The molecule has 4 heteroatoms. The number of carbonyl (C=O) groups is 1. The van der Waals surface area contributed by atoms with E-state index in [0.717, 1.165) is 19.4 Å². The van der Waals surface area contributed by atoms with Gasteiger partial charge in [-0.15, -0.1) is 0 Å². The predicted molar refractivity (Wildman–Crippen MR) is 79.3 cm³/mol. The minimum absolute atomic E-state index is 0.00875. The standard InChI is InChI=1S/C15H25N3O/c1-12(9-11-18(2)3)17-15(19)14-6-4-13(5-7-14)8-10-16/h4-7,12H,8-11,16H2,1-3H3,(H,17,19). The second-order valence-electron chi connectivity index (χ2n) is 5.20. The molecule has 3 N–H and O–H groups in total. The fraction of sp³-hybridized carbons (Fsp3) is 0.533. The maximum Gasteiger partial charge on any atom is 0.251 e. The number of hydrogen-bond acceptors (Lipinski definition) is 3. The Bertz CT molecular complexity index is 387. The van der Waals surface area contributed by atoms with Gasteiger partial charge in [-0.05, 0) is 64.6 Å². The third-order valence-electron chi connectivity index (χ3n) is 3.04. The van der Waals surface area contributed by atoms with E-state index in [4.69, 9.17) is 5.73 Å². The van der Waals surface area contributed by atoms with Crippen LogP contribution < -0.4 is 11.1 Å². The first-order valence-corrected chi connectivity index (χ1v) is 6.77. The zero-order valence-electron chi connectivity index (χ0n) is 12.1. The van der Waals surface area contributed by atoms with Crippen LogP contribution in [0.2, 0.25) is 0 Å². The average molecular weight is 263 g/mol. The van der Waals surface area contributed by atoms with E-state index >= 15 is 0 Å². The fourth-order valence-corrected chi connectivity index (χ4v) is 1.82. The summed E-state index contributed by atoms with van der Waals surface area (Å²) in [6.45, 7) is 3.63. The van der Waals surface area contributed by atoms with Crippen molar-refractivity contribution in [2.45, 2.75) is 25.8 Å². The van der Waals surface area contributed by atoms with Crippen molar-refractivity contribution in [2.75, 3.05) is 27.2 Å². The summed E-state index contributed by atoms with van der Waals surface area (Å²) in [5.41, 5.74) is 7.37. The third-order valence-corrected chi connectivity index (χ3v) is 3.04. The van der Waals surface area contributed by atoms with Gasteiger partial charge in [0.25, 0.3) is 5.91 Å². The highest BCUT2D eigenvalue weighted by Crippen LogP contribution is 2.05. The van der Waals surface area contributed by atoms with Gasteiger partial charge in [-0.1, -0.05) is 12.1 Å². The lowest BCUT2D eigenvalue weighted by atomic mass is 10.1. The summed E-state index contributed by atoms with van der Waals surface area (Å²) in [4.78, 5) is 14.1. The van der Waals surface area contributed by atoms with Gasteiger partial charge < -0.3 is 16.0 Å². The lowest BCUT2D eigenvalue weighted by molar-refractivity contribution is 0.0937. The summed E-state index contributed by atoms with van der Waals surface area (Å²) >= 11 is 0. The van der Waals surface area contributed by atoms with Crippen molar-refractivity contribution in [1.29, 1.82) is 0 Å². The Morgan fingerprint density at radius 3 is 2.47 bits per heavy atom. The zero-order chi connectivity index (χ0) is 14.3. The van der Waals surface area contributed by atoms with E-state index in [1.807, 2.05) is 45.3 Å². The quantitative estimate of drug-likeness (QED) is 0.778. The van der Waals surface area contributed by atoms with Crippen molar-refractivity contribution in [1.82, 2.24) is 10.2 Å². The molecule has 1 amide bonds. The number of carbonyl (C=O) groups excluding carboxylic acids is 1. The first-order valence-electron chi connectivity index (χ1n) is 6.77. The topological polar surface area (TPSA) is 58.4 Å². The van der Waals surface area contributed by atoms with E-state index in [-0.39, 0.29) is 11.9 Å². The van der Waals surface area contributed by atoms with Gasteiger partial charge in [-0.3, -0.25) is 4.79 Å². The Balaban J connectivity index is 2.48. The predicted octanol–water partition coefficient (Wildman–Crippen LogP) is 1.26. The number of rotatable bonds is 7. The molecule has 1 atom stereocenters. The van der Waals surface area contributed by atoms with Gasteiger partial charge in [-0.2, -0.15) is 0 Å². The van der Waals surface area contributed by atoms with E-state index < -0.39 is 0 Å². The SMILES string of the molecule is CC(CCN(C)C)NC(=O)c1ccc(CCN)cc1. The molecule has 0 spiro atoms. The zero-order valence-corrected chi connectivity index (χ0v) is 12.1. The molecule has 1 aromatic rings. The molecule has 0 aliphatic rings.